The molecular formula is C13H15N3O. The Bertz CT molecular complexity index is 517. The van der Waals surface area contributed by atoms with Gasteiger partial charge in [-0.05, 0) is 37.0 Å². The topological polar surface area (TPSA) is 63.9 Å². The highest BCUT2D eigenvalue weighted by Crippen LogP contribution is 2.30. The molecule has 1 aliphatic rings. The molecule has 1 saturated carbocycles. The number of aromatic nitrogens is 2. The number of nitrogens with zero attached hydrogens (tertiary/aromatic N) is 1. The van der Waals surface area contributed by atoms with Crippen LogP contribution in [0.25, 0.3) is 11.1 Å². The maximum absolute atomic E-state index is 5.86. The van der Waals surface area contributed by atoms with Crippen molar-refractivity contribution in [1.82, 2.24) is 10.2 Å². The summed E-state index contributed by atoms with van der Waals surface area (Å²) < 4.78 is 5.86. The SMILES string of the molecule is Nc1[nH]ncc1-c1cccc(OC2CCC2)c1. The zero-order valence-corrected chi connectivity index (χ0v) is 9.52. The number of benzene rings is 1. The molecule has 1 fully saturated rings. The minimum atomic E-state index is 0.395. The summed E-state index contributed by atoms with van der Waals surface area (Å²) in [6.07, 6.45) is 5.74. The van der Waals surface area contributed by atoms with Crippen LogP contribution in [0.4, 0.5) is 5.82 Å². The lowest BCUT2D eigenvalue weighted by Gasteiger charge is -2.26. The number of aromatic amines is 1. The first kappa shape index (κ1) is 10.2. The van der Waals surface area contributed by atoms with E-state index in [4.69, 9.17) is 10.5 Å². The van der Waals surface area contributed by atoms with E-state index in [1.165, 1.54) is 6.42 Å². The van der Waals surface area contributed by atoms with Crippen molar-refractivity contribution in [2.75, 3.05) is 5.73 Å². The molecule has 0 saturated heterocycles. The Morgan fingerprint density at radius 2 is 2.24 bits per heavy atom. The van der Waals surface area contributed by atoms with E-state index >= 15 is 0 Å². The first-order valence-electron chi connectivity index (χ1n) is 5.89. The van der Waals surface area contributed by atoms with Crippen LogP contribution in [-0.4, -0.2) is 16.3 Å². The molecule has 2 aromatic rings. The Kier molecular flexibility index (Phi) is 2.48. The predicted octanol–water partition coefficient (Wildman–Crippen LogP) is 2.59. The van der Waals surface area contributed by atoms with E-state index in [0.29, 0.717) is 11.9 Å². The largest absolute Gasteiger partial charge is 0.490 e. The number of nitrogen functional groups attached to an aromatic ring is 1. The second kappa shape index (κ2) is 4.13. The number of hydrogen-bond donors (Lipinski definition) is 2. The molecule has 0 unspecified atom stereocenters. The van der Waals surface area contributed by atoms with E-state index in [1.807, 2.05) is 24.3 Å². The monoisotopic (exact) mass is 229 g/mol. The lowest BCUT2D eigenvalue weighted by atomic mass is 9.96. The lowest BCUT2D eigenvalue weighted by Crippen LogP contribution is -2.24. The molecule has 4 nitrogen and oxygen atoms in total. The van der Waals surface area contributed by atoms with E-state index in [1.54, 1.807) is 6.20 Å². The van der Waals surface area contributed by atoms with Gasteiger partial charge < -0.3 is 10.5 Å². The summed E-state index contributed by atoms with van der Waals surface area (Å²) in [6, 6.07) is 7.99. The van der Waals surface area contributed by atoms with Crippen molar-refractivity contribution in [3.63, 3.8) is 0 Å². The molecule has 1 aliphatic carbocycles. The van der Waals surface area contributed by atoms with Crippen molar-refractivity contribution in [2.45, 2.75) is 25.4 Å². The fourth-order valence-electron chi connectivity index (χ4n) is 1.94. The van der Waals surface area contributed by atoms with E-state index < -0.39 is 0 Å². The van der Waals surface area contributed by atoms with Crippen molar-refractivity contribution < 1.29 is 4.74 Å². The van der Waals surface area contributed by atoms with Crippen molar-refractivity contribution in [2.24, 2.45) is 0 Å². The molecule has 3 N–H and O–H groups in total. The van der Waals surface area contributed by atoms with Gasteiger partial charge in [-0.15, -0.1) is 0 Å². The third-order valence-electron chi connectivity index (χ3n) is 3.17. The molecule has 0 radical (unpaired) electrons. The molecule has 1 aromatic carbocycles. The number of rotatable bonds is 3. The summed E-state index contributed by atoms with van der Waals surface area (Å²) in [5, 5.41) is 6.66. The van der Waals surface area contributed by atoms with Crippen LogP contribution in [-0.2, 0) is 0 Å². The highest BCUT2D eigenvalue weighted by Gasteiger charge is 2.19. The van der Waals surface area contributed by atoms with Crippen molar-refractivity contribution in [1.29, 1.82) is 0 Å². The van der Waals surface area contributed by atoms with Crippen LogP contribution in [0.15, 0.2) is 30.5 Å². The van der Waals surface area contributed by atoms with Crippen molar-refractivity contribution in [3.8, 4) is 16.9 Å². The summed E-state index contributed by atoms with van der Waals surface area (Å²) in [6.45, 7) is 0. The van der Waals surface area contributed by atoms with Gasteiger partial charge >= 0.3 is 0 Å². The van der Waals surface area contributed by atoms with E-state index in [0.717, 1.165) is 29.7 Å². The maximum atomic E-state index is 5.86. The normalized spacial score (nSPS) is 15.5. The van der Waals surface area contributed by atoms with Crippen LogP contribution < -0.4 is 10.5 Å². The summed E-state index contributed by atoms with van der Waals surface area (Å²) in [4.78, 5) is 0. The number of nitrogens with two attached hydrogens (primary N) is 1. The Balaban J connectivity index is 1.85. The van der Waals surface area contributed by atoms with Gasteiger partial charge in [0.1, 0.15) is 11.6 Å². The van der Waals surface area contributed by atoms with Crippen LogP contribution in [0.5, 0.6) is 5.75 Å². The van der Waals surface area contributed by atoms with E-state index in [-0.39, 0.29) is 0 Å². The summed E-state index contributed by atoms with van der Waals surface area (Å²) in [5.74, 6) is 1.50. The van der Waals surface area contributed by atoms with Crippen LogP contribution in [0.1, 0.15) is 19.3 Å². The summed E-state index contributed by atoms with van der Waals surface area (Å²) in [5.41, 5.74) is 7.76. The maximum Gasteiger partial charge on any atom is 0.126 e. The average Bonchev–Trinajstić information content (AvgIpc) is 2.71. The van der Waals surface area contributed by atoms with Crippen LogP contribution >= 0.6 is 0 Å². The molecule has 0 amide bonds. The third-order valence-corrected chi connectivity index (χ3v) is 3.17. The number of anilines is 1. The zero-order chi connectivity index (χ0) is 11.7. The Morgan fingerprint density at radius 1 is 1.35 bits per heavy atom. The molecular weight excluding hydrogens is 214 g/mol. The average molecular weight is 229 g/mol. The van der Waals surface area contributed by atoms with Gasteiger partial charge in [-0.25, -0.2) is 0 Å². The van der Waals surface area contributed by atoms with Crippen molar-refractivity contribution in [3.05, 3.63) is 30.5 Å². The molecule has 0 bridgehead atoms. The fourth-order valence-corrected chi connectivity index (χ4v) is 1.94. The molecule has 88 valence electrons. The quantitative estimate of drug-likeness (QED) is 0.850. The molecule has 0 spiro atoms. The van der Waals surface area contributed by atoms with Gasteiger partial charge in [-0.1, -0.05) is 12.1 Å². The van der Waals surface area contributed by atoms with E-state index in [9.17, 15) is 0 Å². The fraction of sp³-hybridized carbons (Fsp3) is 0.308. The smallest absolute Gasteiger partial charge is 0.126 e. The first-order valence-corrected chi connectivity index (χ1v) is 5.89. The van der Waals surface area contributed by atoms with Gasteiger partial charge in [0, 0.05) is 5.56 Å². The number of ether oxygens (including phenoxy) is 1. The molecule has 0 atom stereocenters. The molecule has 3 rings (SSSR count). The van der Waals surface area contributed by atoms with Gasteiger partial charge in [-0.3, -0.25) is 5.10 Å². The molecule has 1 aromatic heterocycles. The van der Waals surface area contributed by atoms with E-state index in [2.05, 4.69) is 10.2 Å². The zero-order valence-electron chi connectivity index (χ0n) is 9.52. The van der Waals surface area contributed by atoms with Gasteiger partial charge in [0.15, 0.2) is 0 Å². The Morgan fingerprint density at radius 3 is 2.88 bits per heavy atom. The van der Waals surface area contributed by atoms with Gasteiger partial charge in [-0.2, -0.15) is 5.10 Å². The number of nitrogens with one attached hydrogen (secondary N) is 1. The first-order chi connectivity index (χ1) is 8.33. The van der Waals surface area contributed by atoms with Crippen LogP contribution in [0, 0.1) is 0 Å². The lowest BCUT2D eigenvalue weighted by molar-refractivity contribution is 0.120. The highest BCUT2D eigenvalue weighted by molar-refractivity contribution is 5.73. The van der Waals surface area contributed by atoms with Gasteiger partial charge in [0.25, 0.3) is 0 Å². The molecule has 0 aliphatic heterocycles. The highest BCUT2D eigenvalue weighted by atomic mass is 16.5. The number of H-pyrrole nitrogens is 1. The van der Waals surface area contributed by atoms with Gasteiger partial charge in [0.2, 0.25) is 0 Å². The standard InChI is InChI=1S/C13H15N3O/c14-13-12(8-15-16-13)9-3-1-6-11(7-9)17-10-4-2-5-10/h1,3,6-8,10H,2,4-5H2,(H3,14,15,16). The summed E-state index contributed by atoms with van der Waals surface area (Å²) >= 11 is 0. The second-order valence-corrected chi connectivity index (χ2v) is 4.40. The van der Waals surface area contributed by atoms with Crippen LogP contribution in [0.2, 0.25) is 0 Å². The second-order valence-electron chi connectivity index (χ2n) is 4.40. The predicted molar refractivity (Wildman–Crippen MR) is 66.7 cm³/mol. The summed E-state index contributed by atoms with van der Waals surface area (Å²) in [7, 11) is 0. The third kappa shape index (κ3) is 1.98. The minimum Gasteiger partial charge on any atom is -0.490 e. The van der Waals surface area contributed by atoms with Crippen LogP contribution in [0.3, 0.4) is 0 Å². The molecule has 17 heavy (non-hydrogen) atoms. The molecule has 4 heteroatoms. The number of hydrogen-bond acceptors (Lipinski definition) is 3. The Hall–Kier alpha value is -1.97. The molecule has 1 heterocycles. The van der Waals surface area contributed by atoms with Gasteiger partial charge in [0.05, 0.1) is 12.3 Å². The van der Waals surface area contributed by atoms with Crippen molar-refractivity contribution >= 4 is 5.82 Å². The Labute approximate surface area is 99.8 Å². The minimum absolute atomic E-state index is 0.395.